The van der Waals surface area contributed by atoms with Crippen molar-refractivity contribution in [3.8, 4) is 0 Å². The first kappa shape index (κ1) is 23.5. The van der Waals surface area contributed by atoms with Gasteiger partial charge in [0.15, 0.2) is 5.90 Å². The van der Waals surface area contributed by atoms with Gasteiger partial charge in [-0.2, -0.15) is 0 Å². The lowest BCUT2D eigenvalue weighted by molar-refractivity contribution is 0.153. The molecule has 1 rings (SSSR count). The van der Waals surface area contributed by atoms with Crippen LogP contribution in [0.2, 0.25) is 0 Å². The maximum Gasteiger partial charge on any atom is 0.184 e. The van der Waals surface area contributed by atoms with Gasteiger partial charge in [-0.1, -0.05) is 104 Å². The van der Waals surface area contributed by atoms with Gasteiger partial charge in [0.2, 0.25) is 0 Å². The minimum atomic E-state index is -0.342. The summed E-state index contributed by atoms with van der Waals surface area (Å²) < 4.78 is 5.66. The maximum atomic E-state index is 9.45. The number of hydrogen-bond donors (Lipinski definition) is 1. The first-order valence-electron chi connectivity index (χ1n) is 11.6. The highest BCUT2D eigenvalue weighted by atomic mass is 16.5. The highest BCUT2D eigenvalue weighted by Crippen LogP contribution is 2.24. The summed E-state index contributed by atoms with van der Waals surface area (Å²) >= 11 is 0. The van der Waals surface area contributed by atoms with Crippen molar-refractivity contribution < 1.29 is 9.84 Å². The van der Waals surface area contributed by atoms with Crippen molar-refractivity contribution in [2.45, 2.75) is 129 Å². The van der Waals surface area contributed by atoms with Gasteiger partial charge in [-0.3, -0.25) is 0 Å². The van der Waals surface area contributed by atoms with Crippen LogP contribution in [0.1, 0.15) is 123 Å². The second kappa shape index (κ2) is 15.5. The smallest absolute Gasteiger partial charge is 0.184 e. The second-order valence-electron chi connectivity index (χ2n) is 8.23. The first-order chi connectivity index (χ1) is 12.8. The third-order valence-electron chi connectivity index (χ3n) is 5.82. The molecule has 0 saturated carbocycles. The van der Waals surface area contributed by atoms with E-state index < -0.39 is 0 Å². The molecule has 0 amide bonds. The molecule has 0 fully saturated rings. The van der Waals surface area contributed by atoms with Crippen molar-refractivity contribution in [1.29, 1.82) is 0 Å². The molecular weight excluding hydrogens is 322 g/mol. The van der Waals surface area contributed by atoms with Gasteiger partial charge in [0.25, 0.3) is 0 Å². The monoisotopic (exact) mass is 367 g/mol. The Labute approximate surface area is 163 Å². The highest BCUT2D eigenvalue weighted by molar-refractivity contribution is 5.78. The van der Waals surface area contributed by atoms with Crippen LogP contribution in [0.15, 0.2) is 4.99 Å². The molecule has 1 atom stereocenters. The number of ether oxygens (including phenoxy) is 1. The summed E-state index contributed by atoms with van der Waals surface area (Å²) in [6.45, 7) is 5.02. The predicted molar refractivity (Wildman–Crippen MR) is 113 cm³/mol. The van der Waals surface area contributed by atoms with Crippen molar-refractivity contribution in [1.82, 2.24) is 0 Å². The lowest BCUT2D eigenvalue weighted by Gasteiger charge is -2.17. The summed E-state index contributed by atoms with van der Waals surface area (Å²) in [6, 6.07) is 0. The van der Waals surface area contributed by atoms with Gasteiger partial charge in [-0.05, 0) is 12.8 Å². The second-order valence-corrected chi connectivity index (χ2v) is 8.23. The third kappa shape index (κ3) is 10.5. The van der Waals surface area contributed by atoms with Crippen LogP contribution in [0.25, 0.3) is 0 Å². The van der Waals surface area contributed by atoms with Crippen LogP contribution >= 0.6 is 0 Å². The minimum absolute atomic E-state index is 0.103. The Morgan fingerprint density at radius 2 is 1.23 bits per heavy atom. The Hall–Kier alpha value is -0.570. The molecule has 0 spiro atoms. The lowest BCUT2D eigenvalue weighted by atomic mass is 10.0. The van der Waals surface area contributed by atoms with Crippen molar-refractivity contribution in [3.63, 3.8) is 0 Å². The highest BCUT2D eigenvalue weighted by Gasteiger charge is 2.33. The summed E-state index contributed by atoms with van der Waals surface area (Å²) in [7, 11) is 0. The molecule has 1 heterocycles. The van der Waals surface area contributed by atoms with Gasteiger partial charge in [-0.25, -0.2) is 4.99 Å². The summed E-state index contributed by atoms with van der Waals surface area (Å²) in [5.41, 5.74) is -0.342. The zero-order valence-electron chi connectivity index (χ0n) is 17.7. The quantitative estimate of drug-likeness (QED) is 0.270. The van der Waals surface area contributed by atoms with Crippen LogP contribution in [0, 0.1) is 0 Å². The summed E-state index contributed by atoms with van der Waals surface area (Å²) in [6.07, 6.45) is 22.7. The van der Waals surface area contributed by atoms with Crippen molar-refractivity contribution in [2.75, 3.05) is 13.2 Å². The predicted octanol–water partition coefficient (Wildman–Crippen LogP) is 6.82. The molecule has 1 aliphatic heterocycles. The lowest BCUT2D eigenvalue weighted by Crippen LogP contribution is -2.31. The van der Waals surface area contributed by atoms with E-state index in [-0.39, 0.29) is 12.1 Å². The molecule has 1 aliphatic rings. The molecule has 0 radical (unpaired) electrons. The molecular formula is C23H45NO2. The Kier molecular flexibility index (Phi) is 14.0. The molecule has 0 bridgehead atoms. The SMILES string of the molecule is CCCCCCCCCCCCCCCCCC1=N[C@@](CC)(CO)CO1. The van der Waals surface area contributed by atoms with E-state index in [0.717, 1.165) is 18.7 Å². The van der Waals surface area contributed by atoms with Crippen molar-refractivity contribution >= 4 is 5.90 Å². The van der Waals surface area contributed by atoms with Crippen LogP contribution in [-0.4, -0.2) is 29.8 Å². The first-order valence-corrected chi connectivity index (χ1v) is 11.6. The zero-order valence-corrected chi connectivity index (χ0v) is 17.7. The number of rotatable bonds is 18. The van der Waals surface area contributed by atoms with Gasteiger partial charge in [0.05, 0.1) is 6.61 Å². The summed E-state index contributed by atoms with van der Waals surface area (Å²) in [5.74, 6) is 0.871. The van der Waals surface area contributed by atoms with E-state index in [1.807, 2.05) is 0 Å². The van der Waals surface area contributed by atoms with Gasteiger partial charge in [-0.15, -0.1) is 0 Å². The zero-order chi connectivity index (χ0) is 18.9. The number of unbranched alkanes of at least 4 members (excludes halogenated alkanes) is 14. The standard InChI is InChI=1S/C23H45NO2/c1-3-5-6-7-8-9-10-11-12-13-14-15-16-17-18-19-22-24-23(4-2,20-25)21-26-22/h25H,3-21H2,1-2H3/t23-/m0/s1. The van der Waals surface area contributed by atoms with E-state index in [0.29, 0.717) is 6.61 Å². The van der Waals surface area contributed by atoms with Crippen LogP contribution in [-0.2, 0) is 4.74 Å². The van der Waals surface area contributed by atoms with E-state index in [1.165, 1.54) is 96.3 Å². The summed E-state index contributed by atoms with van der Waals surface area (Å²) in [5, 5.41) is 9.45. The van der Waals surface area contributed by atoms with Gasteiger partial charge in [0.1, 0.15) is 12.1 Å². The fraction of sp³-hybridized carbons (Fsp3) is 0.957. The molecule has 26 heavy (non-hydrogen) atoms. The Balaban J connectivity index is 1.82. The van der Waals surface area contributed by atoms with Crippen molar-refractivity contribution in [2.24, 2.45) is 4.99 Å². The maximum absolute atomic E-state index is 9.45. The molecule has 0 aromatic heterocycles. The summed E-state index contributed by atoms with van der Waals surface area (Å²) in [4.78, 5) is 4.60. The molecule has 0 aliphatic carbocycles. The number of aliphatic hydroxyl groups excluding tert-OH is 1. The van der Waals surface area contributed by atoms with Crippen LogP contribution in [0.4, 0.5) is 0 Å². The molecule has 3 heteroatoms. The van der Waals surface area contributed by atoms with E-state index in [1.54, 1.807) is 0 Å². The number of aliphatic imine (C=N–C) groups is 1. The Morgan fingerprint density at radius 3 is 1.62 bits per heavy atom. The number of hydrogen-bond acceptors (Lipinski definition) is 3. The fourth-order valence-corrected chi connectivity index (χ4v) is 3.70. The number of nitrogens with zero attached hydrogens (tertiary/aromatic N) is 1. The van der Waals surface area contributed by atoms with Crippen molar-refractivity contribution in [3.05, 3.63) is 0 Å². The van der Waals surface area contributed by atoms with E-state index in [2.05, 4.69) is 18.8 Å². The van der Waals surface area contributed by atoms with E-state index in [9.17, 15) is 5.11 Å². The number of aliphatic hydroxyl groups is 1. The van der Waals surface area contributed by atoms with E-state index >= 15 is 0 Å². The molecule has 0 saturated heterocycles. The molecule has 0 aromatic carbocycles. The normalized spacial score (nSPS) is 19.6. The Bertz CT molecular complexity index is 350. The molecule has 0 unspecified atom stereocenters. The van der Waals surface area contributed by atoms with Gasteiger partial charge >= 0.3 is 0 Å². The Morgan fingerprint density at radius 1 is 0.769 bits per heavy atom. The van der Waals surface area contributed by atoms with Gasteiger partial charge < -0.3 is 9.84 Å². The van der Waals surface area contributed by atoms with Crippen LogP contribution in [0.3, 0.4) is 0 Å². The third-order valence-corrected chi connectivity index (χ3v) is 5.82. The van der Waals surface area contributed by atoms with Crippen LogP contribution < -0.4 is 0 Å². The van der Waals surface area contributed by atoms with E-state index in [4.69, 9.17) is 4.74 Å². The molecule has 154 valence electrons. The van der Waals surface area contributed by atoms with Crippen LogP contribution in [0.5, 0.6) is 0 Å². The topological polar surface area (TPSA) is 41.8 Å². The van der Waals surface area contributed by atoms with Gasteiger partial charge in [0, 0.05) is 6.42 Å². The minimum Gasteiger partial charge on any atom is -0.478 e. The fourth-order valence-electron chi connectivity index (χ4n) is 3.70. The average molecular weight is 368 g/mol. The molecule has 0 aromatic rings. The molecule has 3 nitrogen and oxygen atoms in total. The molecule has 1 N–H and O–H groups in total. The largest absolute Gasteiger partial charge is 0.478 e. The average Bonchev–Trinajstić information content (AvgIpc) is 3.09.